The second-order valence-electron chi connectivity index (χ2n) is 8.20. The summed E-state index contributed by atoms with van der Waals surface area (Å²) < 4.78 is 38.4. The molecule has 3 aromatic heterocycles. The molecule has 35 heavy (non-hydrogen) atoms. The fourth-order valence-electron chi connectivity index (χ4n) is 3.95. The molecule has 1 aliphatic carbocycles. The van der Waals surface area contributed by atoms with Gasteiger partial charge in [0.1, 0.15) is 28.8 Å². The molecule has 4 aromatic rings. The van der Waals surface area contributed by atoms with Crippen molar-refractivity contribution in [3.05, 3.63) is 60.0 Å². The van der Waals surface area contributed by atoms with Crippen molar-refractivity contribution in [3.63, 3.8) is 0 Å². The number of nitrogens with zero attached hydrogens (tertiary/aromatic N) is 5. The largest absolute Gasteiger partial charge is 0.496 e. The van der Waals surface area contributed by atoms with Gasteiger partial charge in [-0.3, -0.25) is 9.20 Å². The molecule has 1 aromatic carbocycles. The van der Waals surface area contributed by atoms with E-state index in [1.807, 2.05) is 6.07 Å². The quantitative estimate of drug-likeness (QED) is 0.333. The summed E-state index contributed by atoms with van der Waals surface area (Å²) in [5.74, 6) is -0.0550. The molecule has 0 aliphatic heterocycles. The standard InChI is InChI=1S/C25H19F2N5O3/c1-34-21-9-16(10-22(35-25(26)27)24(21)20(33)8-14-2-3-14)19-13-29-23-11-15(6-7-32(19)23)18-5-4-17(12-28)30-31-18/h4-7,9-11,13-14,25H,2-3,8H2,1H3. The number of carbonyl (C=O) groups is 1. The third-order valence-corrected chi connectivity index (χ3v) is 5.84. The van der Waals surface area contributed by atoms with Crippen LogP contribution in [0.15, 0.2) is 48.8 Å². The minimum absolute atomic E-state index is 0.0268. The van der Waals surface area contributed by atoms with Crippen LogP contribution >= 0.6 is 0 Å². The van der Waals surface area contributed by atoms with Crippen molar-refractivity contribution in [2.45, 2.75) is 25.9 Å². The number of pyridine rings is 1. The van der Waals surface area contributed by atoms with Gasteiger partial charge < -0.3 is 9.47 Å². The van der Waals surface area contributed by atoms with E-state index in [4.69, 9.17) is 14.7 Å². The summed E-state index contributed by atoms with van der Waals surface area (Å²) >= 11 is 0. The molecule has 10 heteroatoms. The van der Waals surface area contributed by atoms with Crippen molar-refractivity contribution in [1.82, 2.24) is 19.6 Å². The number of ketones is 1. The second kappa shape index (κ2) is 9.10. The summed E-state index contributed by atoms with van der Waals surface area (Å²) in [7, 11) is 1.39. The van der Waals surface area contributed by atoms with Crippen LogP contribution in [0.1, 0.15) is 35.3 Å². The number of methoxy groups -OCH3 is 1. The van der Waals surface area contributed by atoms with E-state index in [2.05, 4.69) is 15.2 Å². The number of rotatable bonds is 8. The van der Waals surface area contributed by atoms with Gasteiger partial charge in [-0.15, -0.1) is 10.2 Å². The molecule has 0 amide bonds. The fourth-order valence-corrected chi connectivity index (χ4v) is 3.95. The van der Waals surface area contributed by atoms with E-state index in [9.17, 15) is 13.6 Å². The minimum Gasteiger partial charge on any atom is -0.496 e. The Hall–Kier alpha value is -4.39. The van der Waals surface area contributed by atoms with Crippen LogP contribution in [0.3, 0.4) is 0 Å². The Morgan fingerprint density at radius 2 is 1.97 bits per heavy atom. The Morgan fingerprint density at radius 1 is 1.17 bits per heavy atom. The van der Waals surface area contributed by atoms with E-state index in [1.165, 1.54) is 13.2 Å². The number of carbonyl (C=O) groups excluding carboxylic acids is 1. The van der Waals surface area contributed by atoms with Crippen molar-refractivity contribution in [2.75, 3.05) is 7.11 Å². The summed E-state index contributed by atoms with van der Waals surface area (Å²) in [6.45, 7) is -3.10. The zero-order chi connectivity index (χ0) is 24.5. The molecule has 3 heterocycles. The topological polar surface area (TPSA) is 102 Å². The van der Waals surface area contributed by atoms with Gasteiger partial charge in [-0.05, 0) is 55.2 Å². The molecule has 8 nitrogen and oxygen atoms in total. The molecule has 0 atom stereocenters. The van der Waals surface area contributed by atoms with Crippen molar-refractivity contribution in [2.24, 2.45) is 5.92 Å². The van der Waals surface area contributed by atoms with Gasteiger partial charge in [-0.1, -0.05) is 0 Å². The second-order valence-corrected chi connectivity index (χ2v) is 8.20. The molecule has 1 saturated carbocycles. The van der Waals surface area contributed by atoms with Gasteiger partial charge in [0.15, 0.2) is 11.5 Å². The van der Waals surface area contributed by atoms with E-state index in [1.54, 1.807) is 47.1 Å². The maximum Gasteiger partial charge on any atom is 0.387 e. The number of alkyl halides is 2. The van der Waals surface area contributed by atoms with E-state index in [0.717, 1.165) is 18.4 Å². The van der Waals surface area contributed by atoms with Crippen LogP contribution in [0.5, 0.6) is 11.5 Å². The van der Waals surface area contributed by atoms with Crippen molar-refractivity contribution < 1.29 is 23.0 Å². The maximum atomic E-state index is 13.2. The predicted octanol–water partition coefficient (Wildman–Crippen LogP) is 4.92. The summed E-state index contributed by atoms with van der Waals surface area (Å²) in [6.07, 6.45) is 5.53. The van der Waals surface area contributed by atoms with Crippen molar-refractivity contribution in [3.8, 4) is 40.1 Å². The lowest BCUT2D eigenvalue weighted by atomic mass is 10.00. The molecule has 1 aliphatic rings. The molecule has 5 rings (SSSR count). The van der Waals surface area contributed by atoms with Crippen LogP contribution < -0.4 is 9.47 Å². The first-order chi connectivity index (χ1) is 17.0. The van der Waals surface area contributed by atoms with Crippen LogP contribution in [-0.4, -0.2) is 39.1 Å². The van der Waals surface area contributed by atoms with E-state index >= 15 is 0 Å². The highest BCUT2D eigenvalue weighted by Crippen LogP contribution is 2.40. The highest BCUT2D eigenvalue weighted by Gasteiger charge is 2.29. The number of halogens is 2. The number of hydrogen-bond acceptors (Lipinski definition) is 7. The highest BCUT2D eigenvalue weighted by atomic mass is 19.3. The van der Waals surface area contributed by atoms with Crippen LogP contribution in [0.25, 0.3) is 28.2 Å². The first-order valence-electron chi connectivity index (χ1n) is 10.9. The number of Topliss-reactive ketones (excluding diaryl/α,β-unsaturated/α-hetero) is 1. The number of benzene rings is 1. The molecule has 0 spiro atoms. The Morgan fingerprint density at radius 3 is 2.63 bits per heavy atom. The fraction of sp³-hybridized carbons (Fsp3) is 0.240. The minimum atomic E-state index is -3.10. The Bertz CT molecular complexity index is 1460. The summed E-state index contributed by atoms with van der Waals surface area (Å²) in [6, 6.07) is 11.8. The van der Waals surface area contributed by atoms with Crippen LogP contribution in [0, 0.1) is 17.2 Å². The van der Waals surface area contributed by atoms with Gasteiger partial charge in [0.05, 0.1) is 24.7 Å². The van der Waals surface area contributed by atoms with Crippen molar-refractivity contribution >= 4 is 11.4 Å². The molecular formula is C25H19F2N5O3. The molecule has 0 N–H and O–H groups in total. The van der Waals surface area contributed by atoms with E-state index in [0.29, 0.717) is 22.6 Å². The van der Waals surface area contributed by atoms with Crippen LogP contribution in [-0.2, 0) is 0 Å². The van der Waals surface area contributed by atoms with Gasteiger partial charge in [0.2, 0.25) is 0 Å². The third-order valence-electron chi connectivity index (χ3n) is 5.84. The molecule has 1 fully saturated rings. The number of fused-ring (bicyclic) bond motifs is 1. The number of nitriles is 1. The van der Waals surface area contributed by atoms with E-state index < -0.39 is 6.61 Å². The van der Waals surface area contributed by atoms with Gasteiger partial charge in [0, 0.05) is 23.7 Å². The average Bonchev–Trinajstić information content (AvgIpc) is 3.57. The Kier molecular flexibility index (Phi) is 5.82. The smallest absolute Gasteiger partial charge is 0.387 e. The van der Waals surface area contributed by atoms with Gasteiger partial charge in [-0.25, -0.2) is 4.98 Å². The lowest BCUT2D eigenvalue weighted by Crippen LogP contribution is -2.11. The Balaban J connectivity index is 1.56. The van der Waals surface area contributed by atoms with E-state index in [-0.39, 0.29) is 40.9 Å². The number of aromatic nitrogens is 4. The zero-order valence-electron chi connectivity index (χ0n) is 18.6. The normalized spacial score (nSPS) is 13.1. The first kappa shape index (κ1) is 22.4. The number of imidazole rings is 1. The number of ether oxygens (including phenoxy) is 2. The molecular weight excluding hydrogens is 456 g/mol. The lowest BCUT2D eigenvalue weighted by molar-refractivity contribution is -0.0502. The SMILES string of the molecule is COc1cc(-c2cnc3cc(-c4ccc(C#N)nn4)ccn23)cc(OC(F)F)c1C(=O)CC1CC1. The van der Waals surface area contributed by atoms with Gasteiger partial charge in [0.25, 0.3) is 0 Å². The lowest BCUT2D eigenvalue weighted by Gasteiger charge is -2.16. The van der Waals surface area contributed by atoms with Gasteiger partial charge >= 0.3 is 6.61 Å². The van der Waals surface area contributed by atoms with Crippen LogP contribution in [0.2, 0.25) is 0 Å². The third kappa shape index (κ3) is 4.53. The molecule has 0 saturated heterocycles. The van der Waals surface area contributed by atoms with Crippen molar-refractivity contribution in [1.29, 1.82) is 5.26 Å². The molecule has 0 unspecified atom stereocenters. The molecule has 0 radical (unpaired) electrons. The highest BCUT2D eigenvalue weighted by molar-refractivity contribution is 6.02. The monoisotopic (exact) mass is 475 g/mol. The number of hydrogen-bond donors (Lipinski definition) is 0. The summed E-state index contributed by atoms with van der Waals surface area (Å²) in [4.78, 5) is 17.3. The van der Waals surface area contributed by atoms with Gasteiger partial charge in [-0.2, -0.15) is 14.0 Å². The zero-order valence-corrected chi connectivity index (χ0v) is 18.6. The molecule has 176 valence electrons. The summed E-state index contributed by atoms with van der Waals surface area (Å²) in [5.41, 5.74) is 3.23. The maximum absolute atomic E-state index is 13.2. The first-order valence-corrected chi connectivity index (χ1v) is 10.9. The summed E-state index contributed by atoms with van der Waals surface area (Å²) in [5, 5.41) is 16.8. The average molecular weight is 475 g/mol. The Labute approximate surface area is 198 Å². The van der Waals surface area contributed by atoms with Crippen LogP contribution in [0.4, 0.5) is 8.78 Å². The molecule has 0 bridgehead atoms. The predicted molar refractivity (Wildman–Crippen MR) is 121 cm³/mol.